The summed E-state index contributed by atoms with van der Waals surface area (Å²) in [7, 11) is 0. The fourth-order valence-electron chi connectivity index (χ4n) is 2.99. The van der Waals surface area contributed by atoms with E-state index < -0.39 is 0 Å². The van der Waals surface area contributed by atoms with Crippen LogP contribution in [0.4, 0.5) is 5.69 Å². The summed E-state index contributed by atoms with van der Waals surface area (Å²) in [5.74, 6) is 1.30. The minimum atomic E-state index is -0.379. The van der Waals surface area contributed by atoms with Gasteiger partial charge in [-0.05, 0) is 37.5 Å². The maximum Gasteiger partial charge on any atom is 0.237 e. The van der Waals surface area contributed by atoms with Crippen molar-refractivity contribution in [3.8, 4) is 0 Å². The van der Waals surface area contributed by atoms with Crippen molar-refractivity contribution >= 4 is 46.6 Å². The van der Waals surface area contributed by atoms with E-state index in [4.69, 9.17) is 23.2 Å². The molecule has 1 fully saturated rings. The summed E-state index contributed by atoms with van der Waals surface area (Å²) in [6, 6.07) is 15.4. The van der Waals surface area contributed by atoms with Crippen molar-refractivity contribution in [3.63, 3.8) is 0 Å². The number of benzene rings is 2. The zero-order valence-electron chi connectivity index (χ0n) is 15.8. The Labute approximate surface area is 183 Å². The van der Waals surface area contributed by atoms with E-state index in [9.17, 15) is 4.79 Å². The molecule has 5 nitrogen and oxygen atoms in total. The maximum atomic E-state index is 12.7. The molecule has 1 atom stereocenters. The molecule has 1 aliphatic carbocycles. The van der Waals surface area contributed by atoms with Crippen LogP contribution in [-0.4, -0.2) is 25.9 Å². The van der Waals surface area contributed by atoms with Gasteiger partial charge in [0.15, 0.2) is 5.16 Å². The lowest BCUT2D eigenvalue weighted by Gasteiger charge is -2.14. The third-order valence-corrected chi connectivity index (χ3v) is 6.63. The normalized spacial score (nSPS) is 14.6. The number of thioether (sulfide) groups is 1. The molecule has 150 valence electrons. The summed E-state index contributed by atoms with van der Waals surface area (Å²) < 4.78 is 2.13. The molecule has 1 aliphatic rings. The van der Waals surface area contributed by atoms with E-state index >= 15 is 0 Å². The molecule has 0 bridgehead atoms. The van der Waals surface area contributed by atoms with E-state index in [1.807, 2.05) is 25.1 Å². The molecule has 3 aromatic rings. The number of amides is 1. The predicted molar refractivity (Wildman–Crippen MR) is 118 cm³/mol. The monoisotopic (exact) mass is 446 g/mol. The van der Waals surface area contributed by atoms with E-state index in [0.29, 0.717) is 28.2 Å². The van der Waals surface area contributed by atoms with Crippen molar-refractivity contribution in [2.75, 3.05) is 5.32 Å². The molecule has 29 heavy (non-hydrogen) atoms. The molecule has 2 aromatic carbocycles. The minimum absolute atomic E-state index is 0.165. The molecule has 0 spiro atoms. The van der Waals surface area contributed by atoms with E-state index in [1.165, 1.54) is 17.3 Å². The molecule has 8 heteroatoms. The molecule has 0 radical (unpaired) electrons. The Morgan fingerprint density at radius 1 is 1.17 bits per heavy atom. The number of anilines is 1. The lowest BCUT2D eigenvalue weighted by molar-refractivity contribution is -0.115. The van der Waals surface area contributed by atoms with Crippen LogP contribution in [0.1, 0.15) is 37.1 Å². The van der Waals surface area contributed by atoms with Crippen LogP contribution in [0, 0.1) is 0 Å². The van der Waals surface area contributed by atoms with E-state index in [2.05, 4.69) is 32.2 Å². The standard InChI is InChI=1S/C21H20Cl2N4OS/c1-13(20(28)24-17-9-5-8-16(22)18(17)23)29-21-26-25-19(15-10-11-15)27(21)12-14-6-3-2-4-7-14/h2-9,13,15H,10-12H2,1H3,(H,24,28). The van der Waals surface area contributed by atoms with Gasteiger partial charge in [-0.2, -0.15) is 0 Å². The number of carbonyl (C=O) groups excluding carboxylic acids is 1. The van der Waals surface area contributed by atoms with Gasteiger partial charge in [0, 0.05) is 5.92 Å². The van der Waals surface area contributed by atoms with Gasteiger partial charge < -0.3 is 9.88 Å². The summed E-state index contributed by atoms with van der Waals surface area (Å²) in [6.45, 7) is 2.53. The smallest absolute Gasteiger partial charge is 0.237 e. The van der Waals surface area contributed by atoms with Crippen LogP contribution in [0.25, 0.3) is 0 Å². The lowest BCUT2D eigenvalue weighted by Crippen LogP contribution is -2.23. The molecule has 1 aromatic heterocycles. The van der Waals surface area contributed by atoms with Crippen molar-refractivity contribution in [1.29, 1.82) is 0 Å². The van der Waals surface area contributed by atoms with E-state index in [1.54, 1.807) is 18.2 Å². The van der Waals surface area contributed by atoms with Crippen LogP contribution in [0.15, 0.2) is 53.7 Å². The Morgan fingerprint density at radius 2 is 1.93 bits per heavy atom. The molecular weight excluding hydrogens is 427 g/mol. The van der Waals surface area contributed by atoms with Gasteiger partial charge in [0.1, 0.15) is 5.82 Å². The van der Waals surface area contributed by atoms with Crippen molar-refractivity contribution in [2.24, 2.45) is 0 Å². The van der Waals surface area contributed by atoms with Crippen LogP contribution < -0.4 is 5.32 Å². The first kappa shape index (κ1) is 20.3. The highest BCUT2D eigenvalue weighted by Gasteiger charge is 2.31. The molecule has 1 unspecified atom stereocenters. The Hall–Kier alpha value is -2.02. The van der Waals surface area contributed by atoms with Gasteiger partial charge in [0.25, 0.3) is 0 Å². The number of hydrogen-bond donors (Lipinski definition) is 1. The van der Waals surface area contributed by atoms with Gasteiger partial charge in [-0.1, -0.05) is 71.4 Å². The van der Waals surface area contributed by atoms with Gasteiger partial charge >= 0.3 is 0 Å². The first-order valence-corrected chi connectivity index (χ1v) is 11.0. The van der Waals surface area contributed by atoms with Crippen LogP contribution in [0.5, 0.6) is 0 Å². The largest absolute Gasteiger partial charge is 0.324 e. The zero-order chi connectivity index (χ0) is 20.4. The number of aromatic nitrogens is 3. The van der Waals surface area contributed by atoms with Crippen LogP contribution in [0.3, 0.4) is 0 Å². The SMILES string of the molecule is CC(Sc1nnc(C2CC2)n1Cc1ccccc1)C(=O)Nc1cccc(Cl)c1Cl. The van der Waals surface area contributed by atoms with Crippen molar-refractivity contribution in [1.82, 2.24) is 14.8 Å². The fourth-order valence-corrected chi connectivity index (χ4v) is 4.19. The molecule has 0 aliphatic heterocycles. The summed E-state index contributed by atoms with van der Waals surface area (Å²) in [6.07, 6.45) is 2.28. The second-order valence-corrected chi connectivity index (χ2v) is 9.13. The molecule has 1 amide bonds. The molecule has 4 rings (SSSR count). The molecule has 1 N–H and O–H groups in total. The Balaban J connectivity index is 1.51. The summed E-state index contributed by atoms with van der Waals surface area (Å²) in [5.41, 5.74) is 1.68. The maximum absolute atomic E-state index is 12.7. The topological polar surface area (TPSA) is 59.8 Å². The first-order valence-electron chi connectivity index (χ1n) is 9.41. The highest BCUT2D eigenvalue weighted by molar-refractivity contribution is 8.00. The third kappa shape index (κ3) is 4.77. The molecular formula is C21H20Cl2N4OS. The van der Waals surface area contributed by atoms with Crippen LogP contribution in [-0.2, 0) is 11.3 Å². The summed E-state index contributed by atoms with van der Waals surface area (Å²) in [4.78, 5) is 12.7. The summed E-state index contributed by atoms with van der Waals surface area (Å²) >= 11 is 13.6. The quantitative estimate of drug-likeness (QED) is 0.477. The third-order valence-electron chi connectivity index (χ3n) is 4.73. The molecule has 0 saturated heterocycles. The Kier molecular flexibility index (Phi) is 6.13. The second kappa shape index (κ2) is 8.78. The highest BCUT2D eigenvalue weighted by atomic mass is 35.5. The number of carbonyl (C=O) groups is 1. The number of nitrogens with one attached hydrogen (secondary N) is 1. The van der Waals surface area contributed by atoms with Crippen LogP contribution in [0.2, 0.25) is 10.0 Å². The van der Waals surface area contributed by atoms with Gasteiger partial charge in [0.05, 0.1) is 27.5 Å². The zero-order valence-corrected chi connectivity index (χ0v) is 18.1. The van der Waals surface area contributed by atoms with Gasteiger partial charge in [-0.15, -0.1) is 10.2 Å². The highest BCUT2D eigenvalue weighted by Crippen LogP contribution is 2.40. The summed E-state index contributed by atoms with van der Waals surface area (Å²) in [5, 5.41) is 12.8. The van der Waals surface area contributed by atoms with Gasteiger partial charge in [0.2, 0.25) is 5.91 Å². The van der Waals surface area contributed by atoms with Gasteiger partial charge in [-0.25, -0.2) is 0 Å². The minimum Gasteiger partial charge on any atom is -0.324 e. The molecule has 1 saturated carbocycles. The van der Waals surface area contributed by atoms with Crippen molar-refractivity contribution < 1.29 is 4.79 Å². The van der Waals surface area contributed by atoms with E-state index in [-0.39, 0.29) is 11.2 Å². The van der Waals surface area contributed by atoms with Crippen molar-refractivity contribution in [3.05, 3.63) is 70.0 Å². The Bertz CT molecular complexity index is 1020. The first-order chi connectivity index (χ1) is 14.0. The van der Waals surface area contributed by atoms with Crippen LogP contribution >= 0.6 is 35.0 Å². The fraction of sp³-hybridized carbons (Fsp3) is 0.286. The van der Waals surface area contributed by atoms with E-state index in [0.717, 1.165) is 23.8 Å². The van der Waals surface area contributed by atoms with Gasteiger partial charge in [-0.3, -0.25) is 4.79 Å². The number of hydrogen-bond acceptors (Lipinski definition) is 4. The number of rotatable bonds is 7. The number of nitrogens with zero attached hydrogens (tertiary/aromatic N) is 3. The predicted octanol–water partition coefficient (Wildman–Crippen LogP) is 5.63. The molecule has 1 heterocycles. The lowest BCUT2D eigenvalue weighted by atomic mass is 10.2. The average molecular weight is 447 g/mol. The average Bonchev–Trinajstić information content (AvgIpc) is 3.49. The van der Waals surface area contributed by atoms with Crippen molar-refractivity contribution in [2.45, 2.75) is 42.6 Å². The second-order valence-electron chi connectivity index (χ2n) is 7.04. The number of halogens is 2. The Morgan fingerprint density at radius 3 is 2.66 bits per heavy atom.